The van der Waals surface area contributed by atoms with Crippen molar-refractivity contribution in [1.29, 1.82) is 0 Å². The summed E-state index contributed by atoms with van der Waals surface area (Å²) in [5.74, 6) is 0.0126. The topological polar surface area (TPSA) is 123 Å². The van der Waals surface area contributed by atoms with E-state index in [0.29, 0.717) is 11.3 Å². The first-order chi connectivity index (χ1) is 12.8. The van der Waals surface area contributed by atoms with E-state index in [9.17, 15) is 0 Å². The third-order valence-electron chi connectivity index (χ3n) is 3.58. The van der Waals surface area contributed by atoms with Crippen LogP contribution in [0.25, 0.3) is 43.3 Å². The molecule has 1 heterocycles. The summed E-state index contributed by atoms with van der Waals surface area (Å²) in [7, 11) is 0. The van der Waals surface area contributed by atoms with Gasteiger partial charge in [-0.05, 0) is 45.2 Å². The molecular formula is C17H12N8S. The summed E-state index contributed by atoms with van der Waals surface area (Å²) in [5, 5.41) is 7.16. The van der Waals surface area contributed by atoms with Gasteiger partial charge >= 0.3 is 0 Å². The average molecular weight is 360 g/mol. The van der Waals surface area contributed by atoms with Crippen LogP contribution in [0.1, 0.15) is 0 Å². The van der Waals surface area contributed by atoms with E-state index < -0.39 is 0 Å². The molecule has 2 aromatic carbocycles. The number of thioether (sulfide) groups is 1. The van der Waals surface area contributed by atoms with E-state index in [4.69, 9.17) is 11.1 Å². The number of rotatable bonds is 5. The van der Waals surface area contributed by atoms with Gasteiger partial charge in [0.15, 0.2) is 0 Å². The number of azide groups is 2. The van der Waals surface area contributed by atoms with Crippen LogP contribution in [0.2, 0.25) is 0 Å². The second kappa shape index (κ2) is 8.04. The molecule has 26 heavy (non-hydrogen) atoms. The Balaban J connectivity index is 2.34. The summed E-state index contributed by atoms with van der Waals surface area (Å²) in [5.41, 5.74) is 20.4. The summed E-state index contributed by atoms with van der Waals surface area (Å²) >= 11 is 1.63. The van der Waals surface area contributed by atoms with Gasteiger partial charge in [-0.3, -0.25) is 0 Å². The molecule has 9 heteroatoms. The van der Waals surface area contributed by atoms with Crippen molar-refractivity contribution >= 4 is 23.5 Å². The van der Waals surface area contributed by atoms with Crippen LogP contribution < -0.4 is 0 Å². The number of aromatic nitrogens is 2. The van der Waals surface area contributed by atoms with Crippen molar-refractivity contribution in [3.8, 4) is 22.4 Å². The third-order valence-corrected chi connectivity index (χ3v) is 4.32. The van der Waals surface area contributed by atoms with Crippen LogP contribution in [-0.2, 0) is 0 Å². The van der Waals surface area contributed by atoms with Crippen molar-refractivity contribution in [2.24, 2.45) is 10.2 Å². The van der Waals surface area contributed by atoms with Gasteiger partial charge in [0.25, 0.3) is 0 Å². The zero-order chi connectivity index (χ0) is 18.4. The monoisotopic (exact) mass is 360 g/mol. The molecule has 0 aliphatic rings. The Hall–Kier alpha value is -3.51. The Morgan fingerprint density at radius 3 is 2.15 bits per heavy atom. The van der Waals surface area contributed by atoms with E-state index in [1.807, 2.05) is 60.9 Å². The van der Waals surface area contributed by atoms with Crippen LogP contribution in [0, 0.1) is 0 Å². The van der Waals surface area contributed by atoms with Gasteiger partial charge in [0.2, 0.25) is 5.95 Å². The standard InChI is InChI=1S/C17H12N8S/c1-26-13-9-7-12(8-10-13)15-14(11-5-3-2-4-6-11)16(22-24-18)21-17(20-15)23-25-19/h2-10H,1H3. The van der Waals surface area contributed by atoms with Crippen LogP contribution in [0.15, 0.2) is 69.7 Å². The maximum atomic E-state index is 8.93. The molecule has 3 rings (SSSR count). The Bertz CT molecular complexity index is 1020. The molecule has 0 amide bonds. The SMILES string of the molecule is CSc1ccc(-c2nc(N=[N+]=[N-])nc(N=[N+]=[N-])c2-c2ccccc2)cc1. The predicted octanol–water partition coefficient (Wildman–Crippen LogP) is 6.42. The Morgan fingerprint density at radius 2 is 1.54 bits per heavy atom. The molecule has 0 aliphatic carbocycles. The Labute approximate surface area is 153 Å². The second-order valence-electron chi connectivity index (χ2n) is 5.04. The van der Waals surface area contributed by atoms with E-state index >= 15 is 0 Å². The fourth-order valence-electron chi connectivity index (χ4n) is 2.47. The van der Waals surface area contributed by atoms with Gasteiger partial charge in [-0.2, -0.15) is 0 Å². The molecule has 0 aliphatic heterocycles. The highest BCUT2D eigenvalue weighted by molar-refractivity contribution is 7.98. The molecule has 0 N–H and O–H groups in total. The molecule has 3 aromatic rings. The van der Waals surface area contributed by atoms with Crippen LogP contribution in [0.3, 0.4) is 0 Å². The lowest BCUT2D eigenvalue weighted by molar-refractivity contribution is 1.12. The Morgan fingerprint density at radius 1 is 0.846 bits per heavy atom. The summed E-state index contributed by atoms with van der Waals surface area (Å²) in [4.78, 5) is 15.2. The molecule has 126 valence electrons. The van der Waals surface area contributed by atoms with Crippen molar-refractivity contribution in [3.63, 3.8) is 0 Å². The number of hydrogen-bond acceptors (Lipinski definition) is 5. The number of nitrogens with zero attached hydrogens (tertiary/aromatic N) is 8. The highest BCUT2D eigenvalue weighted by Gasteiger charge is 2.16. The van der Waals surface area contributed by atoms with Gasteiger partial charge in [-0.1, -0.05) is 42.5 Å². The summed E-state index contributed by atoms with van der Waals surface area (Å²) in [6.07, 6.45) is 1.99. The van der Waals surface area contributed by atoms with Gasteiger partial charge < -0.3 is 0 Å². The fourth-order valence-corrected chi connectivity index (χ4v) is 2.87. The predicted molar refractivity (Wildman–Crippen MR) is 102 cm³/mol. The number of benzene rings is 2. The van der Waals surface area contributed by atoms with Crippen molar-refractivity contribution in [2.45, 2.75) is 4.90 Å². The first-order valence-electron chi connectivity index (χ1n) is 7.49. The highest BCUT2D eigenvalue weighted by Crippen LogP contribution is 2.38. The molecule has 1 aromatic heterocycles. The van der Waals surface area contributed by atoms with E-state index in [1.54, 1.807) is 11.8 Å². The minimum absolute atomic E-state index is 0.0986. The molecular weight excluding hydrogens is 348 g/mol. The van der Waals surface area contributed by atoms with E-state index in [0.717, 1.165) is 16.0 Å². The zero-order valence-electron chi connectivity index (χ0n) is 13.7. The molecule has 8 nitrogen and oxygen atoms in total. The quantitative estimate of drug-likeness (QED) is 0.226. The lowest BCUT2D eigenvalue weighted by Crippen LogP contribution is -1.94. The number of hydrogen-bond donors (Lipinski definition) is 0. The molecule has 0 spiro atoms. The van der Waals surface area contributed by atoms with Crippen molar-refractivity contribution < 1.29 is 0 Å². The van der Waals surface area contributed by atoms with Crippen LogP contribution >= 0.6 is 11.8 Å². The Kier molecular flexibility index (Phi) is 5.36. The molecule has 0 atom stereocenters. The molecule has 0 fully saturated rings. The van der Waals surface area contributed by atoms with Gasteiger partial charge in [-0.25, -0.2) is 9.97 Å². The molecule has 0 unspecified atom stereocenters. The first kappa shape index (κ1) is 17.3. The maximum Gasteiger partial charge on any atom is 0.217 e. The molecule has 0 radical (unpaired) electrons. The lowest BCUT2D eigenvalue weighted by atomic mass is 10.00. The van der Waals surface area contributed by atoms with Crippen LogP contribution in [-0.4, -0.2) is 16.2 Å². The molecule has 0 saturated heterocycles. The first-order valence-corrected chi connectivity index (χ1v) is 8.71. The highest BCUT2D eigenvalue weighted by atomic mass is 32.2. The maximum absolute atomic E-state index is 8.93. The lowest BCUT2D eigenvalue weighted by Gasteiger charge is -2.12. The smallest absolute Gasteiger partial charge is 0.217 e. The normalized spacial score (nSPS) is 9.88. The summed E-state index contributed by atoms with van der Waals surface area (Å²) < 4.78 is 0. The van der Waals surface area contributed by atoms with Crippen LogP contribution in [0.5, 0.6) is 0 Å². The minimum Gasteiger partial charge on any atom is -0.226 e. The molecule has 0 saturated carbocycles. The van der Waals surface area contributed by atoms with E-state index in [-0.39, 0.29) is 11.8 Å². The average Bonchev–Trinajstić information content (AvgIpc) is 2.69. The third kappa shape index (κ3) is 3.60. The van der Waals surface area contributed by atoms with Crippen molar-refractivity contribution in [1.82, 2.24) is 9.97 Å². The fraction of sp³-hybridized carbons (Fsp3) is 0.0588. The van der Waals surface area contributed by atoms with Gasteiger partial charge in [0.05, 0.1) is 5.69 Å². The largest absolute Gasteiger partial charge is 0.226 e. The summed E-state index contributed by atoms with van der Waals surface area (Å²) in [6.45, 7) is 0. The van der Waals surface area contributed by atoms with Crippen molar-refractivity contribution in [3.05, 3.63) is 75.5 Å². The van der Waals surface area contributed by atoms with Gasteiger partial charge in [0, 0.05) is 25.8 Å². The summed E-state index contributed by atoms with van der Waals surface area (Å²) in [6, 6.07) is 17.2. The zero-order valence-corrected chi connectivity index (χ0v) is 14.5. The van der Waals surface area contributed by atoms with Gasteiger partial charge in [0.1, 0.15) is 5.82 Å². The van der Waals surface area contributed by atoms with Gasteiger partial charge in [-0.15, -0.1) is 11.8 Å². The molecule has 0 bridgehead atoms. The second-order valence-corrected chi connectivity index (χ2v) is 5.92. The minimum atomic E-state index is -0.0986. The van der Waals surface area contributed by atoms with E-state index in [2.05, 4.69) is 30.0 Å². The van der Waals surface area contributed by atoms with Crippen LogP contribution in [0.4, 0.5) is 11.8 Å². The van der Waals surface area contributed by atoms with Crippen molar-refractivity contribution in [2.75, 3.05) is 6.26 Å². The van der Waals surface area contributed by atoms with E-state index in [1.165, 1.54) is 0 Å².